The normalized spacial score (nSPS) is 11.9. The van der Waals surface area contributed by atoms with Crippen LogP contribution in [-0.4, -0.2) is 44.8 Å². The van der Waals surface area contributed by atoms with Gasteiger partial charge < -0.3 is 10.2 Å². The minimum Gasteiger partial charge on any atom is -0.357 e. The average Bonchev–Trinajstić information content (AvgIpc) is 2.99. The lowest BCUT2D eigenvalue weighted by Crippen LogP contribution is -2.53. The van der Waals surface area contributed by atoms with Crippen LogP contribution in [0.5, 0.6) is 0 Å². The molecule has 41 heavy (non-hydrogen) atoms. The first-order valence-electron chi connectivity index (χ1n) is 12.8. The third kappa shape index (κ3) is 7.15. The molecule has 0 radical (unpaired) electrons. The molecule has 0 fully saturated rings. The number of hydrogen-bond donors (Lipinski definition) is 1. The van der Waals surface area contributed by atoms with Crippen molar-refractivity contribution < 1.29 is 26.8 Å². The highest BCUT2D eigenvalue weighted by Crippen LogP contribution is 2.27. The van der Waals surface area contributed by atoms with Crippen LogP contribution < -0.4 is 9.62 Å². The summed E-state index contributed by atoms with van der Waals surface area (Å²) in [5, 5.41) is 2.58. The van der Waals surface area contributed by atoms with Crippen LogP contribution in [0.15, 0.2) is 114 Å². The molecule has 7 nitrogen and oxygen atoms in total. The van der Waals surface area contributed by atoms with Crippen LogP contribution in [0.4, 0.5) is 14.5 Å². The summed E-state index contributed by atoms with van der Waals surface area (Å²) in [6, 6.07) is 26.1. The standard InChI is InChI=1S/C31H29F2N3O4S/c1-34-31(38)29(20-23-10-4-2-5-11-23)35(21-24-16-18-25(32)19-17-24)30(37)22-36(28-15-9-8-14-27(28)33)41(39,40)26-12-6-3-7-13-26/h2-19,29H,20-22H2,1H3,(H,34,38)/t29-/m0/s1. The number of nitrogens with zero attached hydrogens (tertiary/aromatic N) is 2. The van der Waals surface area contributed by atoms with Gasteiger partial charge in [-0.1, -0.05) is 72.8 Å². The van der Waals surface area contributed by atoms with Gasteiger partial charge in [-0.15, -0.1) is 0 Å². The molecule has 0 aromatic heterocycles. The molecule has 212 valence electrons. The van der Waals surface area contributed by atoms with Gasteiger partial charge in [-0.3, -0.25) is 13.9 Å². The van der Waals surface area contributed by atoms with Crippen molar-refractivity contribution in [3.05, 3.63) is 132 Å². The first kappa shape index (κ1) is 29.4. The second-order valence-corrected chi connectivity index (χ2v) is 11.1. The van der Waals surface area contributed by atoms with Gasteiger partial charge >= 0.3 is 0 Å². The summed E-state index contributed by atoms with van der Waals surface area (Å²) in [5.41, 5.74) is 0.969. The SMILES string of the molecule is CNC(=O)[C@H](Cc1ccccc1)N(Cc1ccc(F)cc1)C(=O)CN(c1ccccc1F)S(=O)(=O)c1ccccc1. The van der Waals surface area contributed by atoms with E-state index in [2.05, 4.69) is 5.32 Å². The highest BCUT2D eigenvalue weighted by Gasteiger charge is 2.35. The molecule has 1 atom stereocenters. The number of hydrogen-bond acceptors (Lipinski definition) is 4. The summed E-state index contributed by atoms with van der Waals surface area (Å²) in [4.78, 5) is 28.4. The molecule has 10 heteroatoms. The molecule has 0 saturated carbocycles. The zero-order valence-corrected chi connectivity index (χ0v) is 23.1. The molecular formula is C31H29F2N3O4S. The van der Waals surface area contributed by atoms with Crippen LogP contribution in [0.25, 0.3) is 0 Å². The predicted molar refractivity (Wildman–Crippen MR) is 152 cm³/mol. The Morgan fingerprint density at radius 2 is 1.37 bits per heavy atom. The van der Waals surface area contributed by atoms with Gasteiger partial charge in [-0.2, -0.15) is 0 Å². The molecule has 4 aromatic carbocycles. The molecular weight excluding hydrogens is 548 g/mol. The summed E-state index contributed by atoms with van der Waals surface area (Å²) >= 11 is 0. The van der Waals surface area contributed by atoms with Crippen LogP contribution in [0.2, 0.25) is 0 Å². The number of nitrogens with one attached hydrogen (secondary N) is 1. The Kier molecular flexibility index (Phi) is 9.46. The Morgan fingerprint density at radius 1 is 0.780 bits per heavy atom. The van der Waals surface area contributed by atoms with Gasteiger partial charge in [0.05, 0.1) is 10.6 Å². The molecule has 0 bridgehead atoms. The van der Waals surface area contributed by atoms with Crippen molar-refractivity contribution in [2.75, 3.05) is 17.9 Å². The van der Waals surface area contributed by atoms with Crippen LogP contribution in [-0.2, 0) is 32.6 Å². The summed E-state index contributed by atoms with van der Waals surface area (Å²) in [6.45, 7) is -0.915. The Balaban J connectivity index is 1.78. The zero-order chi connectivity index (χ0) is 29.4. The molecule has 0 spiro atoms. The fourth-order valence-electron chi connectivity index (χ4n) is 4.39. The number of halogens is 2. The summed E-state index contributed by atoms with van der Waals surface area (Å²) in [6.07, 6.45) is 0.124. The Bertz CT molecular complexity index is 1580. The smallest absolute Gasteiger partial charge is 0.264 e. The molecule has 4 rings (SSSR count). The number of carbonyl (C=O) groups excluding carboxylic acids is 2. The summed E-state index contributed by atoms with van der Waals surface area (Å²) < 4.78 is 56.9. The highest BCUT2D eigenvalue weighted by molar-refractivity contribution is 7.92. The largest absolute Gasteiger partial charge is 0.357 e. The molecule has 0 unspecified atom stereocenters. The second-order valence-electron chi connectivity index (χ2n) is 9.24. The summed E-state index contributed by atoms with van der Waals surface area (Å²) in [5.74, 6) is -2.54. The van der Waals surface area contributed by atoms with E-state index in [-0.39, 0.29) is 23.5 Å². The Labute approximate surface area is 238 Å². The molecule has 0 aliphatic heterocycles. The van der Waals surface area contributed by atoms with Gasteiger partial charge in [-0.25, -0.2) is 17.2 Å². The number of amides is 2. The van der Waals surface area contributed by atoms with Crippen LogP contribution in [0.3, 0.4) is 0 Å². The van der Waals surface area contributed by atoms with E-state index in [4.69, 9.17) is 0 Å². The number of benzene rings is 4. The lowest BCUT2D eigenvalue weighted by Gasteiger charge is -2.33. The zero-order valence-electron chi connectivity index (χ0n) is 22.3. The Hall–Kier alpha value is -4.57. The molecule has 0 aliphatic rings. The number of para-hydroxylation sites is 1. The first-order chi connectivity index (χ1) is 19.7. The Morgan fingerprint density at radius 3 is 1.98 bits per heavy atom. The van der Waals surface area contributed by atoms with Crippen molar-refractivity contribution in [2.45, 2.75) is 23.9 Å². The molecule has 0 saturated heterocycles. The quantitative estimate of drug-likeness (QED) is 0.284. The number of sulfonamides is 1. The van der Waals surface area contributed by atoms with E-state index in [9.17, 15) is 22.4 Å². The van der Waals surface area contributed by atoms with Crippen molar-refractivity contribution >= 4 is 27.5 Å². The maximum absolute atomic E-state index is 15.0. The van der Waals surface area contributed by atoms with Gasteiger partial charge in [0.15, 0.2) is 0 Å². The van der Waals surface area contributed by atoms with E-state index in [0.29, 0.717) is 9.87 Å². The first-order valence-corrected chi connectivity index (χ1v) is 14.3. The van der Waals surface area contributed by atoms with E-state index < -0.39 is 46.1 Å². The maximum Gasteiger partial charge on any atom is 0.264 e. The lowest BCUT2D eigenvalue weighted by molar-refractivity contribution is -0.139. The number of likely N-dealkylation sites (N-methyl/N-ethyl adjacent to an activating group) is 1. The van der Waals surface area contributed by atoms with E-state index in [1.165, 1.54) is 78.7 Å². The average molecular weight is 578 g/mol. The number of carbonyl (C=O) groups is 2. The summed E-state index contributed by atoms with van der Waals surface area (Å²) in [7, 11) is -2.96. The fourth-order valence-corrected chi connectivity index (χ4v) is 5.84. The second kappa shape index (κ2) is 13.2. The lowest BCUT2D eigenvalue weighted by atomic mass is 10.0. The van der Waals surface area contributed by atoms with Crippen LogP contribution in [0.1, 0.15) is 11.1 Å². The maximum atomic E-state index is 15.0. The molecule has 1 N–H and O–H groups in total. The van der Waals surface area contributed by atoms with Crippen molar-refractivity contribution in [1.82, 2.24) is 10.2 Å². The van der Waals surface area contributed by atoms with E-state index in [0.717, 1.165) is 11.6 Å². The van der Waals surface area contributed by atoms with Gasteiger partial charge in [0.25, 0.3) is 10.0 Å². The van der Waals surface area contributed by atoms with Gasteiger partial charge in [0, 0.05) is 20.0 Å². The van der Waals surface area contributed by atoms with Crippen molar-refractivity contribution in [2.24, 2.45) is 0 Å². The van der Waals surface area contributed by atoms with E-state index in [1.54, 1.807) is 18.2 Å². The minimum absolute atomic E-state index is 0.124. The number of rotatable bonds is 11. The third-order valence-electron chi connectivity index (χ3n) is 6.51. The van der Waals surface area contributed by atoms with Crippen molar-refractivity contribution in [3.8, 4) is 0 Å². The monoisotopic (exact) mass is 577 g/mol. The number of anilines is 1. The fraction of sp³-hybridized carbons (Fsp3) is 0.161. The minimum atomic E-state index is -4.40. The predicted octanol–water partition coefficient (Wildman–Crippen LogP) is 4.55. The molecule has 0 aliphatic carbocycles. The van der Waals surface area contributed by atoms with Gasteiger partial charge in [0.1, 0.15) is 24.2 Å². The van der Waals surface area contributed by atoms with Crippen LogP contribution >= 0.6 is 0 Å². The molecule has 4 aromatic rings. The van der Waals surface area contributed by atoms with E-state index >= 15 is 4.39 Å². The highest BCUT2D eigenvalue weighted by atomic mass is 32.2. The van der Waals surface area contributed by atoms with Gasteiger partial charge in [-0.05, 0) is 47.5 Å². The molecule has 0 heterocycles. The van der Waals surface area contributed by atoms with Crippen molar-refractivity contribution in [3.63, 3.8) is 0 Å². The van der Waals surface area contributed by atoms with Gasteiger partial charge in [0.2, 0.25) is 11.8 Å². The topological polar surface area (TPSA) is 86.8 Å². The third-order valence-corrected chi connectivity index (χ3v) is 8.29. The van der Waals surface area contributed by atoms with Crippen molar-refractivity contribution in [1.29, 1.82) is 0 Å². The molecule has 2 amide bonds. The van der Waals surface area contributed by atoms with Crippen LogP contribution in [0, 0.1) is 11.6 Å². The van der Waals surface area contributed by atoms with E-state index in [1.807, 2.05) is 18.2 Å².